The van der Waals surface area contributed by atoms with E-state index in [2.05, 4.69) is 10.6 Å². The summed E-state index contributed by atoms with van der Waals surface area (Å²) in [6.07, 6.45) is -1.50. The molecule has 106 valence electrons. The molecule has 1 aromatic rings. The van der Waals surface area contributed by atoms with E-state index in [-0.39, 0.29) is 5.91 Å². The van der Waals surface area contributed by atoms with Crippen LogP contribution in [0, 0.1) is 0 Å². The maximum atomic E-state index is 10.7. The van der Waals surface area contributed by atoms with Crippen molar-refractivity contribution in [2.75, 3.05) is 13.6 Å². The zero-order valence-electron chi connectivity index (χ0n) is 11.4. The van der Waals surface area contributed by atoms with Crippen LogP contribution in [0.15, 0.2) is 24.3 Å². The van der Waals surface area contributed by atoms with Crippen molar-refractivity contribution in [3.63, 3.8) is 0 Å². The van der Waals surface area contributed by atoms with Gasteiger partial charge in [-0.05, 0) is 24.6 Å². The molecule has 0 aliphatic rings. The number of amides is 1. The molecule has 1 aromatic carbocycles. The lowest BCUT2D eigenvalue weighted by Gasteiger charge is -2.18. The maximum Gasteiger partial charge on any atom is 0.216 e. The van der Waals surface area contributed by atoms with Gasteiger partial charge in [-0.1, -0.05) is 24.3 Å². The first-order chi connectivity index (χ1) is 9.04. The highest BCUT2D eigenvalue weighted by Crippen LogP contribution is 2.19. The predicted octanol–water partition coefficient (Wildman–Crippen LogP) is 0.326. The Morgan fingerprint density at radius 2 is 1.89 bits per heavy atom. The van der Waals surface area contributed by atoms with E-state index in [9.17, 15) is 15.0 Å². The first-order valence-electron chi connectivity index (χ1n) is 6.38. The van der Waals surface area contributed by atoms with E-state index >= 15 is 0 Å². The maximum absolute atomic E-state index is 10.7. The van der Waals surface area contributed by atoms with Gasteiger partial charge in [-0.2, -0.15) is 0 Å². The molecular formula is C14H22N2O3. The van der Waals surface area contributed by atoms with Crippen molar-refractivity contribution in [1.29, 1.82) is 0 Å². The molecule has 19 heavy (non-hydrogen) atoms. The molecule has 2 unspecified atom stereocenters. The van der Waals surface area contributed by atoms with Crippen molar-refractivity contribution >= 4 is 5.91 Å². The minimum absolute atomic E-state index is 0.141. The number of hydrogen-bond donors (Lipinski definition) is 4. The average Bonchev–Trinajstić information content (AvgIpc) is 2.38. The van der Waals surface area contributed by atoms with Crippen molar-refractivity contribution in [3.8, 4) is 0 Å². The van der Waals surface area contributed by atoms with E-state index in [1.54, 1.807) is 12.1 Å². The van der Waals surface area contributed by atoms with Gasteiger partial charge in [0.1, 0.15) is 6.10 Å². The van der Waals surface area contributed by atoms with Crippen LogP contribution >= 0.6 is 0 Å². The number of hydrogen-bond acceptors (Lipinski definition) is 4. The molecule has 0 saturated carbocycles. The number of nitrogens with one attached hydrogen (secondary N) is 2. The first-order valence-corrected chi connectivity index (χ1v) is 6.38. The smallest absolute Gasteiger partial charge is 0.216 e. The second kappa shape index (κ2) is 7.89. The lowest BCUT2D eigenvalue weighted by Crippen LogP contribution is -2.27. The third kappa shape index (κ3) is 5.38. The third-order valence-electron chi connectivity index (χ3n) is 2.88. The Bertz CT molecular complexity index is 392. The highest BCUT2D eigenvalue weighted by molar-refractivity contribution is 5.72. The van der Waals surface area contributed by atoms with E-state index in [1.807, 2.05) is 19.2 Å². The van der Waals surface area contributed by atoms with Gasteiger partial charge in [-0.25, -0.2) is 0 Å². The van der Waals surface area contributed by atoms with E-state index in [0.717, 1.165) is 12.1 Å². The van der Waals surface area contributed by atoms with Crippen molar-refractivity contribution < 1.29 is 15.0 Å². The Morgan fingerprint density at radius 1 is 1.26 bits per heavy atom. The molecule has 1 amide bonds. The number of aliphatic hydroxyl groups excluding tert-OH is 2. The molecule has 0 aliphatic carbocycles. The fraction of sp³-hybridized carbons (Fsp3) is 0.500. The van der Waals surface area contributed by atoms with E-state index in [1.165, 1.54) is 6.92 Å². The Hall–Kier alpha value is -1.43. The van der Waals surface area contributed by atoms with Crippen LogP contribution in [0.3, 0.4) is 0 Å². The van der Waals surface area contributed by atoms with E-state index in [4.69, 9.17) is 0 Å². The monoisotopic (exact) mass is 266 g/mol. The normalized spacial score (nSPS) is 13.9. The second-order valence-corrected chi connectivity index (χ2v) is 4.56. The van der Waals surface area contributed by atoms with Gasteiger partial charge in [0.15, 0.2) is 0 Å². The molecule has 0 radical (unpaired) electrons. The quantitative estimate of drug-likeness (QED) is 0.573. The zero-order valence-corrected chi connectivity index (χ0v) is 11.4. The topological polar surface area (TPSA) is 81.6 Å². The van der Waals surface area contributed by atoms with Gasteiger partial charge in [0, 0.05) is 20.0 Å². The molecule has 0 saturated heterocycles. The Morgan fingerprint density at radius 3 is 2.42 bits per heavy atom. The summed E-state index contributed by atoms with van der Waals surface area (Å²) >= 11 is 0. The van der Waals surface area contributed by atoms with Crippen molar-refractivity contribution in [3.05, 3.63) is 35.4 Å². The summed E-state index contributed by atoms with van der Waals surface area (Å²) in [6, 6.07) is 7.43. The van der Waals surface area contributed by atoms with Gasteiger partial charge in [0.2, 0.25) is 5.91 Å². The Kier molecular flexibility index (Phi) is 6.49. The van der Waals surface area contributed by atoms with Crippen LogP contribution in [0.2, 0.25) is 0 Å². The molecule has 1 rings (SSSR count). The lowest BCUT2D eigenvalue weighted by molar-refractivity contribution is -0.119. The molecule has 5 heteroatoms. The van der Waals surface area contributed by atoms with E-state index < -0.39 is 12.2 Å². The van der Waals surface area contributed by atoms with Crippen LogP contribution < -0.4 is 10.6 Å². The van der Waals surface area contributed by atoms with Gasteiger partial charge < -0.3 is 20.8 Å². The SMILES string of the molecule is CNCc1ccc(C(O)C(O)CCNC(C)=O)cc1. The molecule has 4 N–H and O–H groups in total. The summed E-state index contributed by atoms with van der Waals surface area (Å²) in [6.45, 7) is 2.54. The highest BCUT2D eigenvalue weighted by atomic mass is 16.3. The number of aliphatic hydroxyl groups is 2. The molecule has 0 heterocycles. The molecule has 2 atom stereocenters. The fourth-order valence-electron chi connectivity index (χ4n) is 1.81. The van der Waals surface area contributed by atoms with Gasteiger partial charge >= 0.3 is 0 Å². The Labute approximate surface area is 113 Å². The minimum Gasteiger partial charge on any atom is -0.390 e. The van der Waals surface area contributed by atoms with Crippen LogP contribution in [0.25, 0.3) is 0 Å². The summed E-state index contributed by atoms with van der Waals surface area (Å²) in [5.74, 6) is -0.141. The number of benzene rings is 1. The molecule has 0 aromatic heterocycles. The largest absolute Gasteiger partial charge is 0.390 e. The summed E-state index contributed by atoms with van der Waals surface area (Å²) in [4.78, 5) is 10.7. The van der Waals surface area contributed by atoms with Crippen LogP contribution in [0.5, 0.6) is 0 Å². The van der Waals surface area contributed by atoms with Crippen LogP contribution in [0.4, 0.5) is 0 Å². The summed E-state index contributed by atoms with van der Waals surface area (Å²) in [7, 11) is 1.87. The van der Waals surface area contributed by atoms with Crippen LogP contribution in [-0.4, -0.2) is 35.8 Å². The first kappa shape index (κ1) is 15.6. The summed E-state index contributed by atoms with van der Waals surface area (Å²) in [5, 5.41) is 25.5. The summed E-state index contributed by atoms with van der Waals surface area (Å²) in [5.41, 5.74) is 1.79. The number of rotatable bonds is 7. The van der Waals surface area contributed by atoms with Crippen LogP contribution in [-0.2, 0) is 11.3 Å². The number of carbonyl (C=O) groups is 1. The van der Waals surface area contributed by atoms with Crippen molar-refractivity contribution in [2.24, 2.45) is 0 Å². The number of carbonyl (C=O) groups excluding carboxylic acids is 1. The molecule has 5 nitrogen and oxygen atoms in total. The zero-order chi connectivity index (χ0) is 14.3. The summed E-state index contributed by atoms with van der Waals surface area (Å²) < 4.78 is 0. The molecule has 0 aliphatic heterocycles. The van der Waals surface area contributed by atoms with E-state index in [0.29, 0.717) is 18.5 Å². The standard InChI is InChI=1S/C14H22N2O3/c1-10(17)16-8-7-13(18)14(19)12-5-3-11(4-6-12)9-15-2/h3-6,13-15,18-19H,7-9H2,1-2H3,(H,16,17). The lowest BCUT2D eigenvalue weighted by atomic mass is 10.0. The van der Waals surface area contributed by atoms with Crippen molar-refractivity contribution in [1.82, 2.24) is 10.6 Å². The van der Waals surface area contributed by atoms with Gasteiger partial charge in [0.25, 0.3) is 0 Å². The molecule has 0 bridgehead atoms. The minimum atomic E-state index is -0.933. The second-order valence-electron chi connectivity index (χ2n) is 4.56. The molecule has 0 fully saturated rings. The Balaban J connectivity index is 2.51. The fourth-order valence-corrected chi connectivity index (χ4v) is 1.81. The molecule has 0 spiro atoms. The van der Waals surface area contributed by atoms with Crippen LogP contribution in [0.1, 0.15) is 30.6 Å². The highest BCUT2D eigenvalue weighted by Gasteiger charge is 2.17. The molecular weight excluding hydrogens is 244 g/mol. The third-order valence-corrected chi connectivity index (χ3v) is 2.88. The van der Waals surface area contributed by atoms with Crippen molar-refractivity contribution in [2.45, 2.75) is 32.1 Å². The van der Waals surface area contributed by atoms with Gasteiger partial charge in [0.05, 0.1) is 6.10 Å². The van der Waals surface area contributed by atoms with Gasteiger partial charge in [-0.3, -0.25) is 4.79 Å². The average molecular weight is 266 g/mol. The predicted molar refractivity (Wildman–Crippen MR) is 73.5 cm³/mol. The van der Waals surface area contributed by atoms with Gasteiger partial charge in [-0.15, -0.1) is 0 Å².